The number of rotatable bonds is 5. The molecule has 1 saturated carbocycles. The summed E-state index contributed by atoms with van der Waals surface area (Å²) in [5.41, 5.74) is 4.27. The highest BCUT2D eigenvalue weighted by atomic mass is 16.6. The van der Waals surface area contributed by atoms with E-state index >= 15 is 0 Å². The SMILES string of the molecule is O=C(Nc1nonc1C(=O)N1C[C@@H]2C(C(=O)O)[C@@H]2C1)OCC1c2ccccc2-c2ccccc21. The number of piperidine rings is 1. The summed E-state index contributed by atoms with van der Waals surface area (Å²) in [6.07, 6.45) is -0.776. The molecule has 6 rings (SSSR count). The molecule has 1 unspecified atom stereocenters. The second-order valence-corrected chi connectivity index (χ2v) is 8.81. The number of fused-ring (bicyclic) bond motifs is 4. The van der Waals surface area contributed by atoms with Gasteiger partial charge in [-0.25, -0.2) is 9.42 Å². The number of amides is 2. The van der Waals surface area contributed by atoms with Gasteiger partial charge < -0.3 is 14.7 Å². The largest absolute Gasteiger partial charge is 0.481 e. The van der Waals surface area contributed by atoms with Gasteiger partial charge in [-0.2, -0.15) is 0 Å². The molecule has 2 heterocycles. The number of hydrogen-bond acceptors (Lipinski definition) is 7. The van der Waals surface area contributed by atoms with Crippen molar-refractivity contribution >= 4 is 23.8 Å². The molecule has 2 fully saturated rings. The summed E-state index contributed by atoms with van der Waals surface area (Å²) in [7, 11) is 0. The van der Waals surface area contributed by atoms with Crippen LogP contribution >= 0.6 is 0 Å². The van der Waals surface area contributed by atoms with Crippen LogP contribution in [0.25, 0.3) is 11.1 Å². The van der Waals surface area contributed by atoms with E-state index in [2.05, 4.69) is 20.3 Å². The first-order chi connectivity index (χ1) is 16.5. The minimum atomic E-state index is -0.831. The molecule has 0 spiro atoms. The minimum Gasteiger partial charge on any atom is -0.481 e. The average Bonchev–Trinajstić information content (AvgIpc) is 3.19. The van der Waals surface area contributed by atoms with Crippen molar-refractivity contribution in [2.75, 3.05) is 25.0 Å². The van der Waals surface area contributed by atoms with E-state index < -0.39 is 23.9 Å². The topological polar surface area (TPSA) is 135 Å². The van der Waals surface area contributed by atoms with Crippen LogP contribution in [0.5, 0.6) is 0 Å². The molecule has 1 aromatic heterocycles. The highest BCUT2D eigenvalue weighted by Crippen LogP contribution is 2.52. The van der Waals surface area contributed by atoms with Crippen molar-refractivity contribution in [2.24, 2.45) is 17.8 Å². The fourth-order valence-corrected chi connectivity index (χ4v) is 5.35. The smallest absolute Gasteiger partial charge is 0.412 e. The Morgan fingerprint density at radius 2 is 1.62 bits per heavy atom. The van der Waals surface area contributed by atoms with Crippen LogP contribution < -0.4 is 5.32 Å². The first kappa shape index (κ1) is 20.4. The van der Waals surface area contributed by atoms with E-state index in [1.807, 2.05) is 48.5 Å². The molecule has 1 aliphatic heterocycles. The number of benzene rings is 2. The molecule has 2 aromatic carbocycles. The van der Waals surface area contributed by atoms with Crippen LogP contribution in [0, 0.1) is 17.8 Å². The van der Waals surface area contributed by atoms with Crippen LogP contribution in [0.4, 0.5) is 10.6 Å². The van der Waals surface area contributed by atoms with Gasteiger partial charge in [-0.15, -0.1) is 0 Å². The van der Waals surface area contributed by atoms with E-state index in [0.717, 1.165) is 22.3 Å². The van der Waals surface area contributed by atoms with Crippen LogP contribution in [0.1, 0.15) is 27.5 Å². The van der Waals surface area contributed by atoms with E-state index in [1.165, 1.54) is 4.90 Å². The summed E-state index contributed by atoms with van der Waals surface area (Å²) in [4.78, 5) is 38.0. The maximum Gasteiger partial charge on any atom is 0.412 e. The third-order valence-electron chi connectivity index (χ3n) is 7.02. The number of carbonyl (C=O) groups excluding carboxylic acids is 2. The average molecular weight is 460 g/mol. The second kappa shape index (κ2) is 7.68. The van der Waals surface area contributed by atoms with Gasteiger partial charge in [0.05, 0.1) is 5.92 Å². The minimum absolute atomic E-state index is 0.0418. The number of carboxylic acids is 1. The number of likely N-dealkylation sites (tertiary alicyclic amines) is 1. The van der Waals surface area contributed by atoms with E-state index in [-0.39, 0.29) is 35.9 Å². The zero-order valence-corrected chi connectivity index (χ0v) is 17.9. The number of nitrogens with zero attached hydrogens (tertiary/aromatic N) is 3. The molecule has 2 aliphatic carbocycles. The quantitative estimate of drug-likeness (QED) is 0.593. The van der Waals surface area contributed by atoms with Crippen LogP contribution in [0.15, 0.2) is 53.2 Å². The summed E-state index contributed by atoms with van der Waals surface area (Å²) in [5.74, 6) is -2.00. The lowest BCUT2D eigenvalue weighted by molar-refractivity contribution is -0.139. The maximum atomic E-state index is 12.8. The molecule has 2 amide bonds. The monoisotopic (exact) mass is 460 g/mol. The number of carboxylic acid groups (broad SMARTS) is 1. The number of carbonyl (C=O) groups is 3. The van der Waals surface area contributed by atoms with Crippen molar-refractivity contribution in [1.82, 2.24) is 15.2 Å². The fraction of sp³-hybridized carbons (Fsp3) is 0.292. The highest BCUT2D eigenvalue weighted by molar-refractivity contribution is 6.00. The molecule has 3 aromatic rings. The predicted molar refractivity (Wildman–Crippen MR) is 117 cm³/mol. The molecule has 3 atom stereocenters. The van der Waals surface area contributed by atoms with Gasteiger partial charge in [0.15, 0.2) is 0 Å². The van der Waals surface area contributed by atoms with E-state index in [0.29, 0.717) is 13.1 Å². The molecule has 0 radical (unpaired) electrons. The van der Waals surface area contributed by atoms with Gasteiger partial charge in [-0.3, -0.25) is 14.9 Å². The third-order valence-corrected chi connectivity index (χ3v) is 7.02. The summed E-state index contributed by atoms with van der Waals surface area (Å²) in [6.45, 7) is 0.774. The molecule has 1 saturated heterocycles. The van der Waals surface area contributed by atoms with E-state index in [9.17, 15) is 14.4 Å². The Bertz CT molecular complexity index is 1260. The first-order valence-electron chi connectivity index (χ1n) is 11.0. The van der Waals surface area contributed by atoms with Gasteiger partial charge in [-0.1, -0.05) is 48.5 Å². The number of aliphatic carboxylic acids is 1. The summed E-state index contributed by atoms with van der Waals surface area (Å²) >= 11 is 0. The van der Waals surface area contributed by atoms with Gasteiger partial charge in [-0.05, 0) is 44.4 Å². The molecule has 3 aliphatic rings. The van der Waals surface area contributed by atoms with Crippen molar-refractivity contribution in [1.29, 1.82) is 0 Å². The Kier molecular flexibility index (Phi) is 4.61. The molecule has 34 heavy (non-hydrogen) atoms. The van der Waals surface area contributed by atoms with Crippen molar-refractivity contribution in [3.05, 3.63) is 65.4 Å². The number of aromatic nitrogens is 2. The molecule has 10 nitrogen and oxygen atoms in total. The lowest BCUT2D eigenvalue weighted by atomic mass is 9.98. The zero-order chi connectivity index (χ0) is 23.4. The van der Waals surface area contributed by atoms with Gasteiger partial charge >= 0.3 is 12.1 Å². The normalized spacial score (nSPS) is 22.0. The Hall–Kier alpha value is -4.21. The molecule has 172 valence electrons. The van der Waals surface area contributed by atoms with Crippen LogP contribution in [0.3, 0.4) is 0 Å². The molecule has 10 heteroatoms. The van der Waals surface area contributed by atoms with Crippen LogP contribution in [0.2, 0.25) is 0 Å². The second-order valence-electron chi connectivity index (χ2n) is 8.81. The standard InChI is InChI=1S/C24H20N4O6/c29-22(28-9-16-17(10-28)19(16)23(30)31)20-21(27-34-26-20)25-24(32)33-11-18-14-7-3-1-5-12(14)13-6-2-4-8-15(13)18/h1-8,16-19H,9-11H2,(H,30,31)(H,25,27,32)/t16-,17+,19?. The summed E-state index contributed by atoms with van der Waals surface area (Å²) in [6, 6.07) is 16.0. The van der Waals surface area contributed by atoms with Crippen LogP contribution in [-0.4, -0.2) is 58.0 Å². The Morgan fingerprint density at radius 3 is 2.24 bits per heavy atom. The number of hydrogen-bond donors (Lipinski definition) is 2. The maximum absolute atomic E-state index is 12.8. The highest BCUT2D eigenvalue weighted by Gasteiger charge is 2.60. The zero-order valence-electron chi connectivity index (χ0n) is 17.9. The lowest BCUT2D eigenvalue weighted by Crippen LogP contribution is -2.33. The number of nitrogens with one attached hydrogen (secondary N) is 1. The van der Waals surface area contributed by atoms with Gasteiger partial charge in [0.1, 0.15) is 6.61 Å². The molecule has 2 N–H and O–H groups in total. The Labute approximate surface area is 193 Å². The third kappa shape index (κ3) is 3.21. The molecular formula is C24H20N4O6. The van der Waals surface area contributed by atoms with Crippen LogP contribution in [-0.2, 0) is 9.53 Å². The van der Waals surface area contributed by atoms with E-state index in [4.69, 9.17) is 9.84 Å². The summed E-state index contributed by atoms with van der Waals surface area (Å²) in [5, 5.41) is 18.9. The van der Waals surface area contributed by atoms with Crippen molar-refractivity contribution in [3.63, 3.8) is 0 Å². The lowest BCUT2D eigenvalue weighted by Gasteiger charge is -2.18. The van der Waals surface area contributed by atoms with Crippen molar-refractivity contribution in [2.45, 2.75) is 5.92 Å². The molecule has 0 bridgehead atoms. The van der Waals surface area contributed by atoms with Crippen molar-refractivity contribution < 1.29 is 28.9 Å². The van der Waals surface area contributed by atoms with Gasteiger partial charge in [0.25, 0.3) is 5.91 Å². The van der Waals surface area contributed by atoms with Gasteiger partial charge in [0, 0.05) is 19.0 Å². The predicted octanol–water partition coefficient (Wildman–Crippen LogP) is 2.83. The van der Waals surface area contributed by atoms with Crippen molar-refractivity contribution in [3.8, 4) is 11.1 Å². The fourth-order valence-electron chi connectivity index (χ4n) is 5.35. The number of ether oxygens (including phenoxy) is 1. The Morgan fingerprint density at radius 1 is 1.00 bits per heavy atom. The van der Waals surface area contributed by atoms with Gasteiger partial charge in [0.2, 0.25) is 11.5 Å². The summed E-state index contributed by atoms with van der Waals surface area (Å²) < 4.78 is 10.2. The molecular weight excluding hydrogens is 440 g/mol. The first-order valence-corrected chi connectivity index (χ1v) is 11.0. The number of anilines is 1. The Balaban J connectivity index is 1.11. The van der Waals surface area contributed by atoms with E-state index in [1.54, 1.807) is 0 Å².